The zero-order valence-corrected chi connectivity index (χ0v) is 26.1. The van der Waals surface area contributed by atoms with Crippen molar-refractivity contribution in [2.45, 2.75) is 62.2 Å². The van der Waals surface area contributed by atoms with E-state index in [0.717, 1.165) is 35.2 Å². The van der Waals surface area contributed by atoms with Crippen LogP contribution < -0.4 is 14.8 Å². The molecule has 10 heteroatoms. The van der Waals surface area contributed by atoms with Gasteiger partial charge in [0.05, 0.1) is 24.2 Å². The average molecular weight is 627 g/mol. The maximum Gasteiger partial charge on any atom is 0.243 e. The number of sulfonamides is 1. The number of nitrogens with one attached hydrogen (secondary N) is 2. The molecule has 0 aliphatic heterocycles. The summed E-state index contributed by atoms with van der Waals surface area (Å²) in [7, 11) is -1.96. The third-order valence-corrected chi connectivity index (χ3v) is 9.25. The van der Waals surface area contributed by atoms with Crippen LogP contribution in [0, 0.1) is 0 Å². The Bertz CT molecular complexity index is 1660. The molecular weight excluding hydrogens is 588 g/mol. The molecule has 1 aliphatic carbocycles. The number of methoxy groups -OCH3 is 1. The van der Waals surface area contributed by atoms with Crippen molar-refractivity contribution in [2.24, 2.45) is 0 Å². The van der Waals surface area contributed by atoms with Gasteiger partial charge in [0.15, 0.2) is 0 Å². The van der Waals surface area contributed by atoms with Crippen molar-refractivity contribution >= 4 is 21.8 Å². The fourth-order valence-corrected chi connectivity index (χ4v) is 6.30. The number of carbonyl (C=O) groups is 2. The first kappa shape index (κ1) is 31.9. The highest BCUT2D eigenvalue weighted by Gasteiger charge is 2.31. The Morgan fingerprint density at radius 2 is 1.58 bits per heavy atom. The molecule has 4 aromatic rings. The van der Waals surface area contributed by atoms with E-state index < -0.39 is 16.1 Å². The average Bonchev–Trinajstić information content (AvgIpc) is 3.89. The van der Waals surface area contributed by atoms with E-state index in [2.05, 4.69) is 15.0 Å². The number of carbonyl (C=O) groups excluding carboxylic acids is 2. The number of aromatic nitrogens is 1. The van der Waals surface area contributed by atoms with Crippen LogP contribution in [0.4, 0.5) is 0 Å². The summed E-state index contributed by atoms with van der Waals surface area (Å²) in [5.41, 5.74) is 3.34. The van der Waals surface area contributed by atoms with Crippen molar-refractivity contribution in [1.29, 1.82) is 0 Å². The molecule has 1 aromatic heterocycles. The lowest BCUT2D eigenvalue weighted by atomic mass is 10.0. The quantitative estimate of drug-likeness (QED) is 0.202. The van der Waals surface area contributed by atoms with Crippen molar-refractivity contribution in [1.82, 2.24) is 19.9 Å². The molecule has 1 aliphatic rings. The van der Waals surface area contributed by atoms with Crippen LogP contribution in [0.15, 0.2) is 108 Å². The summed E-state index contributed by atoms with van der Waals surface area (Å²) in [5, 5.41) is 2.99. The van der Waals surface area contributed by atoms with Crippen LogP contribution >= 0.6 is 0 Å². The van der Waals surface area contributed by atoms with E-state index in [9.17, 15) is 18.0 Å². The SMILES string of the molecule is COc1ccc(CN(C(=O)CCc2ccc(S(=O)(=O)NC3CC3)cc2)[C@@H](Cc2ccccc2)C(=O)NCc2ccccn2)cc1. The molecular formula is C35H38N4O5S. The molecule has 1 heterocycles. The van der Waals surface area contributed by atoms with Gasteiger partial charge in [-0.3, -0.25) is 14.6 Å². The first-order chi connectivity index (χ1) is 21.8. The van der Waals surface area contributed by atoms with Crippen LogP contribution in [-0.2, 0) is 45.5 Å². The highest BCUT2D eigenvalue weighted by atomic mass is 32.2. The fraction of sp³-hybridized carbons (Fsp3) is 0.286. The molecule has 45 heavy (non-hydrogen) atoms. The maximum atomic E-state index is 14.0. The van der Waals surface area contributed by atoms with Crippen molar-refractivity contribution < 1.29 is 22.7 Å². The number of ether oxygens (including phenoxy) is 1. The number of nitrogens with zero attached hydrogens (tertiary/aromatic N) is 2. The molecule has 3 aromatic carbocycles. The summed E-state index contributed by atoms with van der Waals surface area (Å²) in [6.45, 7) is 0.460. The standard InChI is InChI=1S/C35H38N4O5S/c1-44-31-17-10-28(11-18-31)25-39(34(40)21-14-26-12-19-32(20-13-26)45(42,43)38-29-15-16-29)33(23-27-7-3-2-4-8-27)35(41)37-24-30-9-5-6-22-36-30/h2-13,17-20,22,29,33,38H,14-16,21,23-25H2,1H3,(H,37,41)/t33-/m0/s1. The summed E-state index contributed by atoms with van der Waals surface area (Å²) in [4.78, 5) is 34.0. The Hall–Kier alpha value is -4.54. The molecule has 1 fully saturated rings. The normalized spacial score (nSPS) is 13.5. The second-order valence-electron chi connectivity index (χ2n) is 11.2. The third-order valence-electron chi connectivity index (χ3n) is 7.71. The van der Waals surface area contributed by atoms with Crippen LogP contribution in [0.25, 0.3) is 0 Å². The molecule has 2 amide bonds. The van der Waals surface area contributed by atoms with Crippen molar-refractivity contribution in [3.8, 4) is 5.75 Å². The summed E-state index contributed by atoms with van der Waals surface area (Å²) >= 11 is 0. The molecule has 1 saturated carbocycles. The summed E-state index contributed by atoms with van der Waals surface area (Å²) < 4.78 is 33.1. The molecule has 5 rings (SSSR count). The molecule has 0 spiro atoms. The molecule has 0 unspecified atom stereocenters. The predicted molar refractivity (Wildman–Crippen MR) is 172 cm³/mol. The molecule has 0 radical (unpaired) electrons. The molecule has 0 bridgehead atoms. The van der Waals surface area contributed by atoms with E-state index in [1.807, 2.05) is 72.8 Å². The van der Waals surface area contributed by atoms with Crippen molar-refractivity contribution in [2.75, 3.05) is 7.11 Å². The van der Waals surface area contributed by atoms with Gasteiger partial charge in [0, 0.05) is 31.6 Å². The lowest BCUT2D eigenvalue weighted by molar-refractivity contribution is -0.141. The van der Waals surface area contributed by atoms with E-state index in [1.54, 1.807) is 42.5 Å². The maximum absolute atomic E-state index is 14.0. The Kier molecular flexibility index (Phi) is 10.6. The highest BCUT2D eigenvalue weighted by molar-refractivity contribution is 7.89. The topological polar surface area (TPSA) is 118 Å². The van der Waals surface area contributed by atoms with Gasteiger partial charge in [0.2, 0.25) is 21.8 Å². The lowest BCUT2D eigenvalue weighted by Crippen LogP contribution is -2.50. The van der Waals surface area contributed by atoms with Gasteiger partial charge in [-0.15, -0.1) is 0 Å². The van der Waals surface area contributed by atoms with Gasteiger partial charge in [0.1, 0.15) is 11.8 Å². The highest BCUT2D eigenvalue weighted by Crippen LogP contribution is 2.23. The minimum Gasteiger partial charge on any atom is -0.497 e. The summed E-state index contributed by atoms with van der Waals surface area (Å²) in [5.74, 6) is 0.235. The largest absolute Gasteiger partial charge is 0.497 e. The van der Waals surface area contributed by atoms with Gasteiger partial charge < -0.3 is 15.0 Å². The Morgan fingerprint density at radius 1 is 0.889 bits per heavy atom. The summed E-state index contributed by atoms with van der Waals surface area (Å²) in [6, 6.07) is 28.5. The zero-order valence-electron chi connectivity index (χ0n) is 25.3. The number of hydrogen-bond acceptors (Lipinski definition) is 6. The number of pyridine rings is 1. The first-order valence-electron chi connectivity index (χ1n) is 15.1. The second-order valence-corrected chi connectivity index (χ2v) is 12.9. The number of amides is 2. The van der Waals surface area contributed by atoms with Crippen molar-refractivity contribution in [3.05, 3.63) is 126 Å². The van der Waals surface area contributed by atoms with Crippen LogP contribution in [0.1, 0.15) is 41.6 Å². The Balaban J connectivity index is 1.36. The lowest BCUT2D eigenvalue weighted by Gasteiger charge is -2.31. The molecule has 2 N–H and O–H groups in total. The van der Waals surface area contributed by atoms with Crippen LogP contribution in [-0.4, -0.2) is 49.3 Å². The third kappa shape index (κ3) is 9.23. The number of benzene rings is 3. The fourth-order valence-electron chi connectivity index (χ4n) is 5.00. The number of hydrogen-bond donors (Lipinski definition) is 2. The van der Waals surface area contributed by atoms with E-state index in [0.29, 0.717) is 18.6 Å². The number of rotatable bonds is 15. The molecule has 1 atom stereocenters. The van der Waals surface area contributed by atoms with E-state index in [4.69, 9.17) is 4.74 Å². The monoisotopic (exact) mass is 626 g/mol. The molecule has 9 nitrogen and oxygen atoms in total. The zero-order chi connectivity index (χ0) is 31.6. The first-order valence-corrected chi connectivity index (χ1v) is 16.5. The molecule has 0 saturated heterocycles. The van der Waals surface area contributed by atoms with Crippen molar-refractivity contribution in [3.63, 3.8) is 0 Å². The van der Waals surface area contributed by atoms with E-state index >= 15 is 0 Å². The van der Waals surface area contributed by atoms with Crippen LogP contribution in [0.3, 0.4) is 0 Å². The second kappa shape index (κ2) is 15.0. The van der Waals surface area contributed by atoms with E-state index in [1.165, 1.54) is 0 Å². The minimum absolute atomic E-state index is 0.0222. The Labute approximate surface area is 264 Å². The number of aryl methyl sites for hydroxylation is 1. The van der Waals surface area contributed by atoms with Gasteiger partial charge >= 0.3 is 0 Å². The van der Waals surface area contributed by atoms with Gasteiger partial charge in [-0.2, -0.15) is 0 Å². The van der Waals surface area contributed by atoms with Gasteiger partial charge in [-0.05, 0) is 72.4 Å². The molecule has 234 valence electrons. The minimum atomic E-state index is -3.56. The van der Waals surface area contributed by atoms with E-state index in [-0.39, 0.29) is 42.3 Å². The van der Waals surface area contributed by atoms with Gasteiger partial charge in [-0.1, -0.05) is 60.7 Å². The van der Waals surface area contributed by atoms with Crippen LogP contribution in [0.5, 0.6) is 5.75 Å². The van der Waals surface area contributed by atoms with Crippen LogP contribution in [0.2, 0.25) is 0 Å². The predicted octanol–water partition coefficient (Wildman–Crippen LogP) is 4.42. The summed E-state index contributed by atoms with van der Waals surface area (Å²) in [6.07, 6.45) is 4.26. The van der Waals surface area contributed by atoms with Gasteiger partial charge in [0.25, 0.3) is 0 Å². The smallest absolute Gasteiger partial charge is 0.243 e. The Morgan fingerprint density at radius 3 is 2.22 bits per heavy atom. The van der Waals surface area contributed by atoms with Gasteiger partial charge in [-0.25, -0.2) is 13.1 Å².